The van der Waals surface area contributed by atoms with Crippen LogP contribution in [0, 0.1) is 0 Å². The van der Waals surface area contributed by atoms with Gasteiger partial charge in [0.2, 0.25) is 5.88 Å². The molecule has 0 radical (unpaired) electrons. The lowest BCUT2D eigenvalue weighted by Gasteiger charge is -2.18. The molecule has 25 heavy (non-hydrogen) atoms. The maximum atomic E-state index is 12.8. The van der Waals surface area contributed by atoms with Crippen molar-refractivity contribution >= 4 is 17.5 Å². The molecule has 4 nitrogen and oxygen atoms in total. The van der Waals surface area contributed by atoms with Gasteiger partial charge in [-0.3, -0.25) is 4.79 Å². The Bertz CT molecular complexity index is 851. The van der Waals surface area contributed by atoms with Crippen LogP contribution in [0.25, 0.3) is 0 Å². The van der Waals surface area contributed by atoms with Gasteiger partial charge in [0.05, 0.1) is 0 Å². The van der Waals surface area contributed by atoms with E-state index in [1.54, 1.807) is 30.3 Å². The van der Waals surface area contributed by atoms with Crippen molar-refractivity contribution in [2.45, 2.75) is 6.54 Å². The highest BCUT2D eigenvalue weighted by atomic mass is 35.5. The van der Waals surface area contributed by atoms with Crippen LogP contribution in [0.15, 0.2) is 72.9 Å². The molecule has 0 atom stereocenters. The van der Waals surface area contributed by atoms with Crippen LogP contribution < -0.4 is 4.74 Å². The van der Waals surface area contributed by atoms with Crippen LogP contribution >= 0.6 is 11.6 Å². The van der Waals surface area contributed by atoms with Gasteiger partial charge in [-0.25, -0.2) is 4.98 Å². The third kappa shape index (κ3) is 4.37. The van der Waals surface area contributed by atoms with E-state index in [1.165, 1.54) is 0 Å². The van der Waals surface area contributed by atoms with Gasteiger partial charge in [-0.05, 0) is 42.0 Å². The molecule has 1 amide bonds. The highest BCUT2D eigenvalue weighted by Gasteiger charge is 2.18. The third-order valence-electron chi connectivity index (χ3n) is 3.64. The van der Waals surface area contributed by atoms with Crippen molar-refractivity contribution in [3.05, 3.63) is 89.1 Å². The maximum Gasteiger partial charge on any atom is 0.259 e. The lowest BCUT2D eigenvalue weighted by molar-refractivity contribution is 0.0781. The molecule has 3 aromatic rings. The lowest BCUT2D eigenvalue weighted by Crippen LogP contribution is -2.26. The summed E-state index contributed by atoms with van der Waals surface area (Å²) in [4.78, 5) is 18.6. The number of aromatic nitrogens is 1. The van der Waals surface area contributed by atoms with Crippen molar-refractivity contribution in [3.63, 3.8) is 0 Å². The van der Waals surface area contributed by atoms with Gasteiger partial charge in [0, 0.05) is 24.8 Å². The van der Waals surface area contributed by atoms with Crippen LogP contribution in [-0.2, 0) is 6.54 Å². The fraction of sp³-hybridized carbons (Fsp3) is 0.100. The Hall–Kier alpha value is -2.85. The van der Waals surface area contributed by atoms with Crippen molar-refractivity contribution < 1.29 is 9.53 Å². The molecule has 0 unspecified atom stereocenters. The van der Waals surface area contributed by atoms with E-state index in [-0.39, 0.29) is 5.91 Å². The van der Waals surface area contributed by atoms with Gasteiger partial charge < -0.3 is 9.64 Å². The van der Waals surface area contributed by atoms with Crippen molar-refractivity contribution in [3.8, 4) is 11.6 Å². The SMILES string of the molecule is CN(Cc1ccc(Cl)cc1)C(=O)c1cccnc1Oc1ccccc1. The molecule has 0 fully saturated rings. The predicted molar refractivity (Wildman–Crippen MR) is 98.0 cm³/mol. The Labute approximate surface area is 151 Å². The second-order valence-electron chi connectivity index (χ2n) is 5.56. The van der Waals surface area contributed by atoms with E-state index in [2.05, 4.69) is 4.98 Å². The first kappa shape index (κ1) is 17.0. The molecule has 0 aliphatic rings. The first-order valence-electron chi connectivity index (χ1n) is 7.81. The number of para-hydroxylation sites is 1. The molecule has 0 saturated heterocycles. The van der Waals surface area contributed by atoms with Gasteiger partial charge >= 0.3 is 0 Å². The van der Waals surface area contributed by atoms with E-state index >= 15 is 0 Å². The monoisotopic (exact) mass is 352 g/mol. The van der Waals surface area contributed by atoms with Crippen molar-refractivity contribution in [2.75, 3.05) is 7.05 Å². The second-order valence-corrected chi connectivity index (χ2v) is 6.00. The van der Waals surface area contributed by atoms with Gasteiger partial charge in [0.15, 0.2) is 0 Å². The number of hydrogen-bond donors (Lipinski definition) is 0. The Balaban J connectivity index is 1.78. The Morgan fingerprint density at radius 3 is 2.48 bits per heavy atom. The first-order valence-corrected chi connectivity index (χ1v) is 8.19. The number of hydrogen-bond acceptors (Lipinski definition) is 3. The number of pyridine rings is 1. The normalized spacial score (nSPS) is 10.3. The summed E-state index contributed by atoms with van der Waals surface area (Å²) in [6.45, 7) is 0.468. The zero-order valence-electron chi connectivity index (χ0n) is 13.7. The number of amides is 1. The number of carbonyl (C=O) groups is 1. The van der Waals surface area contributed by atoms with Crippen molar-refractivity contribution in [1.82, 2.24) is 9.88 Å². The summed E-state index contributed by atoms with van der Waals surface area (Å²) in [6.07, 6.45) is 1.61. The standard InChI is InChI=1S/C20H17ClN2O2/c1-23(14-15-9-11-16(21)12-10-15)20(24)18-8-5-13-22-19(18)25-17-6-3-2-4-7-17/h2-13H,14H2,1H3. The number of nitrogens with zero attached hydrogens (tertiary/aromatic N) is 2. The first-order chi connectivity index (χ1) is 12.1. The minimum atomic E-state index is -0.158. The van der Waals surface area contributed by atoms with E-state index < -0.39 is 0 Å². The fourth-order valence-electron chi connectivity index (χ4n) is 2.38. The largest absolute Gasteiger partial charge is 0.438 e. The van der Waals surface area contributed by atoms with Crippen LogP contribution in [0.4, 0.5) is 0 Å². The fourth-order valence-corrected chi connectivity index (χ4v) is 2.50. The smallest absolute Gasteiger partial charge is 0.259 e. The Morgan fingerprint density at radius 2 is 1.76 bits per heavy atom. The average molecular weight is 353 g/mol. The molecule has 1 heterocycles. The molecule has 2 aromatic carbocycles. The number of benzene rings is 2. The van der Waals surface area contributed by atoms with Crippen LogP contribution in [0.5, 0.6) is 11.6 Å². The van der Waals surface area contributed by atoms with Gasteiger partial charge in [0.1, 0.15) is 11.3 Å². The summed E-state index contributed by atoms with van der Waals surface area (Å²) >= 11 is 5.90. The molecule has 1 aromatic heterocycles. The molecular formula is C20H17ClN2O2. The van der Waals surface area contributed by atoms with Crippen LogP contribution in [-0.4, -0.2) is 22.8 Å². The number of carbonyl (C=O) groups excluding carboxylic acids is 1. The summed E-state index contributed by atoms with van der Waals surface area (Å²) in [5, 5.41) is 0.670. The topological polar surface area (TPSA) is 42.4 Å². The Kier molecular flexibility index (Phi) is 5.31. The molecule has 5 heteroatoms. The molecule has 126 valence electrons. The van der Waals surface area contributed by atoms with Crippen LogP contribution in [0.3, 0.4) is 0 Å². The lowest BCUT2D eigenvalue weighted by atomic mass is 10.2. The van der Waals surface area contributed by atoms with E-state index in [0.717, 1.165) is 5.56 Å². The van der Waals surface area contributed by atoms with Gasteiger partial charge in [-0.1, -0.05) is 41.9 Å². The summed E-state index contributed by atoms with van der Waals surface area (Å²) in [5.41, 5.74) is 1.41. The quantitative estimate of drug-likeness (QED) is 0.662. The van der Waals surface area contributed by atoms with E-state index in [9.17, 15) is 4.79 Å². The Morgan fingerprint density at radius 1 is 1.04 bits per heavy atom. The highest BCUT2D eigenvalue weighted by molar-refractivity contribution is 6.30. The zero-order chi connectivity index (χ0) is 17.6. The van der Waals surface area contributed by atoms with E-state index in [4.69, 9.17) is 16.3 Å². The summed E-state index contributed by atoms with van der Waals surface area (Å²) in [6, 6.07) is 20.1. The van der Waals surface area contributed by atoms with Gasteiger partial charge in [0.25, 0.3) is 5.91 Å². The van der Waals surface area contributed by atoms with E-state index in [0.29, 0.717) is 28.8 Å². The zero-order valence-corrected chi connectivity index (χ0v) is 14.5. The van der Waals surface area contributed by atoms with Crippen molar-refractivity contribution in [2.24, 2.45) is 0 Å². The number of ether oxygens (including phenoxy) is 1. The van der Waals surface area contributed by atoms with Crippen molar-refractivity contribution in [1.29, 1.82) is 0 Å². The van der Waals surface area contributed by atoms with Gasteiger partial charge in [-0.15, -0.1) is 0 Å². The average Bonchev–Trinajstić information content (AvgIpc) is 2.64. The molecule has 0 N–H and O–H groups in total. The minimum absolute atomic E-state index is 0.158. The minimum Gasteiger partial charge on any atom is -0.438 e. The molecular weight excluding hydrogens is 336 g/mol. The number of halogens is 1. The summed E-state index contributed by atoms with van der Waals surface area (Å²) < 4.78 is 5.77. The van der Waals surface area contributed by atoms with Gasteiger partial charge in [-0.2, -0.15) is 0 Å². The second kappa shape index (κ2) is 7.81. The third-order valence-corrected chi connectivity index (χ3v) is 3.89. The molecule has 0 bridgehead atoms. The van der Waals surface area contributed by atoms with E-state index in [1.807, 2.05) is 54.6 Å². The molecule has 3 rings (SSSR count). The van der Waals surface area contributed by atoms with Crippen LogP contribution in [0.1, 0.15) is 15.9 Å². The van der Waals surface area contributed by atoms with Crippen LogP contribution in [0.2, 0.25) is 5.02 Å². The predicted octanol–water partition coefficient (Wildman–Crippen LogP) is 4.80. The summed E-state index contributed by atoms with van der Waals surface area (Å²) in [5.74, 6) is 0.770. The molecule has 0 aliphatic carbocycles. The molecule has 0 spiro atoms. The highest BCUT2D eigenvalue weighted by Crippen LogP contribution is 2.24. The number of rotatable bonds is 5. The maximum absolute atomic E-state index is 12.8. The summed E-state index contributed by atoms with van der Waals surface area (Å²) in [7, 11) is 1.75. The molecule has 0 aliphatic heterocycles. The molecule has 0 saturated carbocycles.